The average molecular weight is 331 g/mol. The maximum absolute atomic E-state index is 12.8. The number of aromatic nitrogens is 1. The van der Waals surface area contributed by atoms with E-state index in [2.05, 4.69) is 10.6 Å². The summed E-state index contributed by atoms with van der Waals surface area (Å²) in [7, 11) is 1.92. The van der Waals surface area contributed by atoms with Crippen LogP contribution in [0.1, 0.15) is 26.3 Å². The lowest BCUT2D eigenvalue weighted by Crippen LogP contribution is -2.14. The quantitative estimate of drug-likeness (QED) is 0.774. The van der Waals surface area contributed by atoms with Gasteiger partial charge in [-0.2, -0.15) is 0 Å². The number of carbonyl (C=O) groups excluding carboxylic acids is 2. The van der Waals surface area contributed by atoms with Gasteiger partial charge in [0.05, 0.1) is 11.3 Å². The Labute approximate surface area is 145 Å². The second kappa shape index (κ2) is 5.94. The summed E-state index contributed by atoms with van der Waals surface area (Å²) in [6.07, 6.45) is 1.87. The highest BCUT2D eigenvalue weighted by Crippen LogP contribution is 2.26. The van der Waals surface area contributed by atoms with Gasteiger partial charge in [-0.25, -0.2) is 0 Å². The van der Waals surface area contributed by atoms with Crippen molar-refractivity contribution >= 4 is 17.5 Å². The molecule has 5 heteroatoms. The number of rotatable bonds is 3. The molecule has 0 saturated heterocycles. The number of hydrogen-bond acceptors (Lipinski definition) is 2. The van der Waals surface area contributed by atoms with Gasteiger partial charge in [-0.15, -0.1) is 0 Å². The molecule has 2 heterocycles. The molecule has 5 nitrogen and oxygen atoms in total. The van der Waals surface area contributed by atoms with Crippen molar-refractivity contribution in [2.45, 2.75) is 6.54 Å². The SMILES string of the molecule is Cn1ccc(C(=O)Nc2ccc3c(c2)C(=O)NC3)c1-c1ccccc1. The van der Waals surface area contributed by atoms with E-state index in [0.29, 0.717) is 23.4 Å². The third-order valence-corrected chi connectivity index (χ3v) is 4.42. The van der Waals surface area contributed by atoms with E-state index in [1.165, 1.54) is 0 Å². The molecule has 1 aliphatic heterocycles. The Bertz CT molecular complexity index is 974. The number of fused-ring (bicyclic) bond motifs is 1. The van der Waals surface area contributed by atoms with E-state index in [1.54, 1.807) is 12.1 Å². The van der Waals surface area contributed by atoms with E-state index in [4.69, 9.17) is 0 Å². The predicted octanol–water partition coefficient (Wildman–Crippen LogP) is 3.19. The highest BCUT2D eigenvalue weighted by molar-refractivity contribution is 6.09. The van der Waals surface area contributed by atoms with E-state index in [1.807, 2.05) is 60.3 Å². The maximum Gasteiger partial charge on any atom is 0.257 e. The molecule has 0 atom stereocenters. The first kappa shape index (κ1) is 15.2. The van der Waals surface area contributed by atoms with E-state index >= 15 is 0 Å². The van der Waals surface area contributed by atoms with Crippen LogP contribution in [-0.2, 0) is 13.6 Å². The van der Waals surface area contributed by atoms with E-state index in [0.717, 1.165) is 16.8 Å². The molecule has 124 valence electrons. The van der Waals surface area contributed by atoms with Gasteiger partial charge in [0.15, 0.2) is 0 Å². The van der Waals surface area contributed by atoms with Gasteiger partial charge < -0.3 is 15.2 Å². The van der Waals surface area contributed by atoms with Gasteiger partial charge in [-0.3, -0.25) is 9.59 Å². The number of amides is 2. The molecular weight excluding hydrogens is 314 g/mol. The molecule has 3 aromatic rings. The zero-order valence-corrected chi connectivity index (χ0v) is 13.7. The lowest BCUT2D eigenvalue weighted by molar-refractivity contribution is 0.0964. The van der Waals surface area contributed by atoms with Crippen molar-refractivity contribution in [1.29, 1.82) is 0 Å². The summed E-state index contributed by atoms with van der Waals surface area (Å²) in [5.74, 6) is -0.298. The summed E-state index contributed by atoms with van der Waals surface area (Å²) >= 11 is 0. The van der Waals surface area contributed by atoms with Crippen LogP contribution >= 0.6 is 0 Å². The van der Waals surface area contributed by atoms with Gasteiger partial charge in [-0.05, 0) is 29.3 Å². The molecule has 2 N–H and O–H groups in total. The second-order valence-corrected chi connectivity index (χ2v) is 6.06. The number of nitrogens with one attached hydrogen (secondary N) is 2. The first-order valence-corrected chi connectivity index (χ1v) is 8.07. The Morgan fingerprint density at radius 3 is 2.72 bits per heavy atom. The summed E-state index contributed by atoms with van der Waals surface area (Å²) in [6, 6.07) is 17.0. The fourth-order valence-electron chi connectivity index (χ4n) is 3.16. The second-order valence-electron chi connectivity index (χ2n) is 6.06. The van der Waals surface area contributed by atoms with E-state index in [-0.39, 0.29) is 11.8 Å². The minimum atomic E-state index is -0.196. The Balaban J connectivity index is 1.65. The summed E-state index contributed by atoms with van der Waals surface area (Å²) in [5.41, 5.74) is 4.62. The van der Waals surface area contributed by atoms with Gasteiger partial charge in [0, 0.05) is 31.0 Å². The van der Waals surface area contributed by atoms with Gasteiger partial charge in [0.2, 0.25) is 0 Å². The van der Waals surface area contributed by atoms with Crippen molar-refractivity contribution in [3.8, 4) is 11.3 Å². The van der Waals surface area contributed by atoms with E-state index in [9.17, 15) is 9.59 Å². The Morgan fingerprint density at radius 2 is 1.92 bits per heavy atom. The smallest absolute Gasteiger partial charge is 0.257 e. The van der Waals surface area contributed by atoms with Crippen LogP contribution in [0.25, 0.3) is 11.3 Å². The van der Waals surface area contributed by atoms with Crippen LogP contribution in [0, 0.1) is 0 Å². The molecule has 0 saturated carbocycles. The molecule has 0 radical (unpaired) electrons. The van der Waals surface area contributed by atoms with Crippen LogP contribution in [0.3, 0.4) is 0 Å². The minimum absolute atomic E-state index is 0.101. The lowest BCUT2D eigenvalue weighted by atomic mass is 10.1. The summed E-state index contributed by atoms with van der Waals surface area (Å²) in [6.45, 7) is 0.541. The van der Waals surface area contributed by atoms with Gasteiger partial charge in [-0.1, -0.05) is 36.4 Å². The third-order valence-electron chi connectivity index (χ3n) is 4.42. The number of carbonyl (C=O) groups is 2. The predicted molar refractivity (Wildman–Crippen MR) is 96.4 cm³/mol. The van der Waals surface area contributed by atoms with Gasteiger partial charge in [0.1, 0.15) is 0 Å². The Morgan fingerprint density at radius 1 is 1.12 bits per heavy atom. The van der Waals surface area contributed by atoms with Crippen LogP contribution in [0.4, 0.5) is 5.69 Å². The average Bonchev–Trinajstić information content (AvgIpc) is 3.19. The molecular formula is C20H17N3O2. The molecule has 25 heavy (non-hydrogen) atoms. The molecule has 0 aliphatic carbocycles. The van der Waals surface area contributed by atoms with Crippen molar-refractivity contribution < 1.29 is 9.59 Å². The minimum Gasteiger partial charge on any atom is -0.350 e. The van der Waals surface area contributed by atoms with Gasteiger partial charge in [0.25, 0.3) is 11.8 Å². The van der Waals surface area contributed by atoms with E-state index < -0.39 is 0 Å². The largest absolute Gasteiger partial charge is 0.350 e. The molecule has 0 fully saturated rings. The van der Waals surface area contributed by atoms with Crippen LogP contribution in [0.2, 0.25) is 0 Å². The number of anilines is 1. The first-order valence-electron chi connectivity index (χ1n) is 8.07. The summed E-state index contributed by atoms with van der Waals surface area (Å²) in [5, 5.41) is 5.68. The molecule has 0 unspecified atom stereocenters. The Kier molecular flexibility index (Phi) is 3.61. The summed E-state index contributed by atoms with van der Waals surface area (Å²) in [4.78, 5) is 24.6. The maximum atomic E-state index is 12.8. The molecule has 0 bridgehead atoms. The zero-order valence-electron chi connectivity index (χ0n) is 13.7. The van der Waals surface area contributed by atoms with Crippen molar-refractivity contribution in [2.24, 2.45) is 7.05 Å². The monoisotopic (exact) mass is 331 g/mol. The summed E-state index contributed by atoms with van der Waals surface area (Å²) < 4.78 is 1.93. The number of aryl methyl sites for hydroxylation is 1. The van der Waals surface area contributed by atoms with Gasteiger partial charge >= 0.3 is 0 Å². The number of benzene rings is 2. The fourth-order valence-corrected chi connectivity index (χ4v) is 3.16. The number of hydrogen-bond donors (Lipinski definition) is 2. The van der Waals surface area contributed by atoms with Crippen LogP contribution < -0.4 is 10.6 Å². The van der Waals surface area contributed by atoms with Crippen LogP contribution in [-0.4, -0.2) is 16.4 Å². The van der Waals surface area contributed by atoms with Crippen LogP contribution in [0.15, 0.2) is 60.8 Å². The number of nitrogens with zero attached hydrogens (tertiary/aromatic N) is 1. The highest BCUT2D eigenvalue weighted by atomic mass is 16.2. The van der Waals surface area contributed by atoms with Crippen molar-refractivity contribution in [3.63, 3.8) is 0 Å². The lowest BCUT2D eigenvalue weighted by Gasteiger charge is -2.10. The molecule has 0 spiro atoms. The standard InChI is InChI=1S/C20H17N3O2/c1-23-10-9-16(18(23)13-5-3-2-4-6-13)20(25)22-15-8-7-14-12-21-19(24)17(14)11-15/h2-11H,12H2,1H3,(H,21,24)(H,22,25). The molecule has 1 aliphatic rings. The first-order chi connectivity index (χ1) is 12.1. The topological polar surface area (TPSA) is 63.1 Å². The Hall–Kier alpha value is -3.34. The van der Waals surface area contributed by atoms with Crippen molar-refractivity contribution in [3.05, 3.63) is 77.5 Å². The molecule has 4 rings (SSSR count). The third kappa shape index (κ3) is 2.70. The van der Waals surface area contributed by atoms with Crippen LogP contribution in [0.5, 0.6) is 0 Å². The highest BCUT2D eigenvalue weighted by Gasteiger charge is 2.20. The molecule has 2 amide bonds. The zero-order chi connectivity index (χ0) is 17.4. The van der Waals surface area contributed by atoms with Crippen molar-refractivity contribution in [2.75, 3.05) is 5.32 Å². The van der Waals surface area contributed by atoms with Crippen molar-refractivity contribution in [1.82, 2.24) is 9.88 Å². The molecule has 1 aromatic heterocycles. The fraction of sp³-hybridized carbons (Fsp3) is 0.100. The molecule has 2 aromatic carbocycles. The normalized spacial score (nSPS) is 12.6.